The molecule has 7 heteroatoms. The van der Waals surface area contributed by atoms with Gasteiger partial charge in [-0.1, -0.05) is 0 Å². The van der Waals surface area contributed by atoms with Gasteiger partial charge in [0.15, 0.2) is 0 Å². The number of hydrogen-bond acceptors (Lipinski definition) is 5. The van der Waals surface area contributed by atoms with Gasteiger partial charge in [-0.25, -0.2) is 9.97 Å². The van der Waals surface area contributed by atoms with Crippen LogP contribution in [0.5, 0.6) is 0 Å². The minimum atomic E-state index is -0.837. The summed E-state index contributed by atoms with van der Waals surface area (Å²) in [5.74, 6) is -0.945. The summed E-state index contributed by atoms with van der Waals surface area (Å²) in [6, 6.07) is -0.516. The van der Waals surface area contributed by atoms with Crippen molar-refractivity contribution in [1.29, 1.82) is 0 Å². The van der Waals surface area contributed by atoms with Gasteiger partial charge >= 0.3 is 5.97 Å². The lowest BCUT2D eigenvalue weighted by Gasteiger charge is -2.36. The van der Waals surface area contributed by atoms with E-state index in [1.165, 1.54) is 18.7 Å². The van der Waals surface area contributed by atoms with E-state index in [-0.39, 0.29) is 5.91 Å². The van der Waals surface area contributed by atoms with E-state index in [0.29, 0.717) is 31.7 Å². The van der Waals surface area contributed by atoms with E-state index in [9.17, 15) is 9.59 Å². The summed E-state index contributed by atoms with van der Waals surface area (Å²) in [6.07, 6.45) is 4.35. The Balaban J connectivity index is 1.93. The minimum Gasteiger partial charge on any atom is -0.480 e. The Morgan fingerprint density at radius 1 is 1.21 bits per heavy atom. The second kappa shape index (κ2) is 5.75. The zero-order valence-corrected chi connectivity index (χ0v) is 10.7. The molecule has 2 heterocycles. The van der Waals surface area contributed by atoms with Crippen LogP contribution in [0.4, 0.5) is 0 Å². The van der Waals surface area contributed by atoms with Gasteiger partial charge in [-0.05, 0) is 6.92 Å². The first-order chi connectivity index (χ1) is 9.09. The lowest BCUT2D eigenvalue weighted by molar-refractivity contribution is -0.143. The topological polar surface area (TPSA) is 86.6 Å². The minimum absolute atomic E-state index is 0.108. The number of rotatable bonds is 3. The summed E-state index contributed by atoms with van der Waals surface area (Å²) >= 11 is 0. The third-order valence-electron chi connectivity index (χ3n) is 3.31. The number of aromatic nitrogens is 2. The SMILES string of the molecule is CC(C(=O)O)N1CCN(C(=O)c2cncnc2)CC1. The Morgan fingerprint density at radius 3 is 2.32 bits per heavy atom. The van der Waals surface area contributed by atoms with Gasteiger partial charge < -0.3 is 10.0 Å². The summed E-state index contributed by atoms with van der Waals surface area (Å²) in [5.41, 5.74) is 0.460. The fourth-order valence-corrected chi connectivity index (χ4v) is 2.06. The smallest absolute Gasteiger partial charge is 0.320 e. The zero-order valence-electron chi connectivity index (χ0n) is 10.7. The molecule has 1 aromatic rings. The Hall–Kier alpha value is -2.02. The van der Waals surface area contributed by atoms with E-state index >= 15 is 0 Å². The van der Waals surface area contributed by atoms with Crippen molar-refractivity contribution >= 4 is 11.9 Å². The van der Waals surface area contributed by atoms with Crippen LogP contribution in [0, 0.1) is 0 Å². The summed E-state index contributed by atoms with van der Waals surface area (Å²) < 4.78 is 0. The van der Waals surface area contributed by atoms with Gasteiger partial charge in [0, 0.05) is 38.6 Å². The molecule has 1 saturated heterocycles. The first-order valence-corrected chi connectivity index (χ1v) is 6.10. The molecule has 0 aliphatic carbocycles. The number of nitrogens with zero attached hydrogens (tertiary/aromatic N) is 4. The highest BCUT2D eigenvalue weighted by Gasteiger charge is 2.27. The van der Waals surface area contributed by atoms with Crippen LogP contribution >= 0.6 is 0 Å². The van der Waals surface area contributed by atoms with Crippen LogP contribution in [-0.2, 0) is 4.79 Å². The number of aliphatic carboxylic acids is 1. The highest BCUT2D eigenvalue weighted by atomic mass is 16.4. The number of carboxylic acids is 1. The molecule has 1 N–H and O–H groups in total. The van der Waals surface area contributed by atoms with E-state index in [0.717, 1.165) is 0 Å². The predicted octanol–water partition coefficient (Wildman–Crippen LogP) is -0.292. The van der Waals surface area contributed by atoms with Crippen LogP contribution in [0.25, 0.3) is 0 Å². The first kappa shape index (κ1) is 13.4. The van der Waals surface area contributed by atoms with Gasteiger partial charge in [-0.2, -0.15) is 0 Å². The van der Waals surface area contributed by atoms with Gasteiger partial charge in [-0.15, -0.1) is 0 Å². The van der Waals surface area contributed by atoms with Gasteiger partial charge in [0.1, 0.15) is 12.4 Å². The number of carboxylic acid groups (broad SMARTS) is 1. The average molecular weight is 264 g/mol. The van der Waals surface area contributed by atoms with Crippen molar-refractivity contribution in [3.8, 4) is 0 Å². The van der Waals surface area contributed by atoms with Crippen molar-refractivity contribution in [2.24, 2.45) is 0 Å². The molecule has 0 spiro atoms. The molecule has 102 valence electrons. The molecule has 1 amide bonds. The van der Waals surface area contributed by atoms with Crippen LogP contribution in [0.3, 0.4) is 0 Å². The van der Waals surface area contributed by atoms with E-state index in [1.807, 2.05) is 4.90 Å². The second-order valence-electron chi connectivity index (χ2n) is 4.47. The van der Waals surface area contributed by atoms with E-state index in [4.69, 9.17) is 5.11 Å². The molecule has 1 atom stereocenters. The van der Waals surface area contributed by atoms with Gasteiger partial charge in [0.25, 0.3) is 5.91 Å². The summed E-state index contributed by atoms with van der Waals surface area (Å²) in [6.45, 7) is 3.82. The molecule has 1 unspecified atom stereocenters. The standard InChI is InChI=1S/C12H16N4O3/c1-9(12(18)19)15-2-4-16(5-3-15)11(17)10-6-13-8-14-7-10/h6-9H,2-5H2,1H3,(H,18,19). The normalized spacial score (nSPS) is 18.1. The molecule has 0 radical (unpaired) electrons. The van der Waals surface area contributed by atoms with Crippen LogP contribution in [0.2, 0.25) is 0 Å². The quantitative estimate of drug-likeness (QED) is 0.807. The fourth-order valence-electron chi connectivity index (χ4n) is 2.06. The Morgan fingerprint density at radius 2 is 1.79 bits per heavy atom. The molecule has 0 aromatic carbocycles. The molecule has 0 bridgehead atoms. The number of piperazine rings is 1. The molecule has 1 aliphatic heterocycles. The number of hydrogen-bond donors (Lipinski definition) is 1. The monoisotopic (exact) mass is 264 g/mol. The third kappa shape index (κ3) is 3.05. The Bertz CT molecular complexity index is 457. The predicted molar refractivity (Wildman–Crippen MR) is 66.6 cm³/mol. The Labute approximate surface area is 110 Å². The molecular formula is C12H16N4O3. The zero-order chi connectivity index (χ0) is 13.8. The number of carbonyl (C=O) groups is 2. The van der Waals surface area contributed by atoms with Crippen LogP contribution < -0.4 is 0 Å². The summed E-state index contributed by atoms with van der Waals surface area (Å²) in [5, 5.41) is 8.95. The molecule has 1 aromatic heterocycles. The van der Waals surface area contributed by atoms with Crippen molar-refractivity contribution in [3.05, 3.63) is 24.3 Å². The molecule has 7 nitrogen and oxygen atoms in total. The van der Waals surface area contributed by atoms with Gasteiger partial charge in [0.2, 0.25) is 0 Å². The highest BCUT2D eigenvalue weighted by molar-refractivity contribution is 5.93. The van der Waals surface area contributed by atoms with E-state index in [2.05, 4.69) is 9.97 Å². The van der Waals surface area contributed by atoms with Gasteiger partial charge in [-0.3, -0.25) is 14.5 Å². The van der Waals surface area contributed by atoms with Crippen LogP contribution in [-0.4, -0.2) is 69.0 Å². The molecule has 1 fully saturated rings. The third-order valence-corrected chi connectivity index (χ3v) is 3.31. The van der Waals surface area contributed by atoms with Crippen molar-refractivity contribution in [2.45, 2.75) is 13.0 Å². The summed E-state index contributed by atoms with van der Waals surface area (Å²) in [4.78, 5) is 34.2. The maximum Gasteiger partial charge on any atom is 0.320 e. The maximum absolute atomic E-state index is 12.1. The molecule has 2 rings (SSSR count). The number of carbonyl (C=O) groups excluding carboxylic acids is 1. The van der Waals surface area contributed by atoms with Crippen LogP contribution in [0.15, 0.2) is 18.7 Å². The highest BCUT2D eigenvalue weighted by Crippen LogP contribution is 2.09. The van der Waals surface area contributed by atoms with Crippen molar-refractivity contribution in [3.63, 3.8) is 0 Å². The van der Waals surface area contributed by atoms with E-state index < -0.39 is 12.0 Å². The first-order valence-electron chi connectivity index (χ1n) is 6.10. The van der Waals surface area contributed by atoms with Crippen molar-refractivity contribution < 1.29 is 14.7 Å². The van der Waals surface area contributed by atoms with Gasteiger partial charge in [0.05, 0.1) is 5.56 Å². The summed E-state index contributed by atoms with van der Waals surface area (Å²) in [7, 11) is 0. The Kier molecular flexibility index (Phi) is 4.06. The largest absolute Gasteiger partial charge is 0.480 e. The molecule has 0 saturated carbocycles. The lowest BCUT2D eigenvalue weighted by atomic mass is 10.2. The molecular weight excluding hydrogens is 248 g/mol. The molecule has 19 heavy (non-hydrogen) atoms. The number of amides is 1. The average Bonchev–Trinajstić information content (AvgIpc) is 2.46. The second-order valence-corrected chi connectivity index (χ2v) is 4.47. The fraction of sp³-hybridized carbons (Fsp3) is 0.500. The lowest BCUT2D eigenvalue weighted by Crippen LogP contribution is -2.53. The van der Waals surface area contributed by atoms with E-state index in [1.54, 1.807) is 11.8 Å². The maximum atomic E-state index is 12.1. The van der Waals surface area contributed by atoms with Crippen molar-refractivity contribution in [2.75, 3.05) is 26.2 Å². The van der Waals surface area contributed by atoms with Crippen molar-refractivity contribution in [1.82, 2.24) is 19.8 Å². The molecule has 1 aliphatic rings. The van der Waals surface area contributed by atoms with Crippen LogP contribution in [0.1, 0.15) is 17.3 Å².